The number of aliphatic imine (C=N–C) groups is 1. The van der Waals surface area contributed by atoms with Crippen LogP contribution in [0.3, 0.4) is 0 Å². The van der Waals surface area contributed by atoms with E-state index in [1.54, 1.807) is 0 Å². The molecule has 2 aromatic rings. The van der Waals surface area contributed by atoms with Crippen molar-refractivity contribution >= 4 is 5.71 Å². The third kappa shape index (κ3) is 5.65. The zero-order valence-corrected chi connectivity index (χ0v) is 22.3. The van der Waals surface area contributed by atoms with E-state index in [9.17, 15) is 0 Å². The van der Waals surface area contributed by atoms with Gasteiger partial charge >= 0.3 is 0 Å². The minimum Gasteiger partial charge on any atom is -0.317 e. The normalized spacial score (nSPS) is 19.0. The summed E-state index contributed by atoms with van der Waals surface area (Å²) < 4.78 is 0. The van der Waals surface area contributed by atoms with Gasteiger partial charge in [0.05, 0.1) is 11.3 Å². The van der Waals surface area contributed by atoms with Gasteiger partial charge in [0.15, 0.2) is 0 Å². The molecule has 37 heavy (non-hydrogen) atoms. The lowest BCUT2D eigenvalue weighted by atomic mass is 9.66. The van der Waals surface area contributed by atoms with Gasteiger partial charge in [0.25, 0.3) is 0 Å². The summed E-state index contributed by atoms with van der Waals surface area (Å²) in [6.07, 6.45) is 20.8. The molecule has 3 unspecified atom stereocenters. The topological polar surface area (TPSA) is 38.4 Å². The first-order valence-electron chi connectivity index (χ1n) is 13.2. The fourth-order valence-electron chi connectivity index (χ4n) is 5.32. The molecule has 0 saturated carbocycles. The Morgan fingerprint density at radius 1 is 1.11 bits per heavy atom. The van der Waals surface area contributed by atoms with Crippen LogP contribution in [-0.2, 0) is 5.54 Å². The van der Waals surface area contributed by atoms with Crippen LogP contribution in [-0.4, -0.2) is 5.71 Å². The Kier molecular flexibility index (Phi) is 8.53. The second kappa shape index (κ2) is 12.0. The maximum absolute atomic E-state index is 7.64. The van der Waals surface area contributed by atoms with Gasteiger partial charge in [-0.3, -0.25) is 4.99 Å². The summed E-state index contributed by atoms with van der Waals surface area (Å²) in [4.78, 5) is 4.28. The van der Waals surface area contributed by atoms with E-state index >= 15 is 0 Å². The highest BCUT2D eigenvalue weighted by atomic mass is 14.8. The minimum atomic E-state index is -0.705. The lowest BCUT2D eigenvalue weighted by molar-refractivity contribution is 0.446. The van der Waals surface area contributed by atoms with Gasteiger partial charge in [-0.05, 0) is 65.7 Å². The van der Waals surface area contributed by atoms with E-state index in [-0.39, 0.29) is 11.8 Å². The van der Waals surface area contributed by atoms with Gasteiger partial charge < -0.3 is 5.73 Å². The molecule has 2 nitrogen and oxygen atoms in total. The highest BCUT2D eigenvalue weighted by Gasteiger charge is 2.42. The molecule has 188 valence electrons. The maximum atomic E-state index is 7.64. The van der Waals surface area contributed by atoms with Crippen LogP contribution in [0.15, 0.2) is 149 Å². The van der Waals surface area contributed by atoms with Crippen LogP contribution >= 0.6 is 0 Å². The Morgan fingerprint density at radius 3 is 2.32 bits per heavy atom. The van der Waals surface area contributed by atoms with Gasteiger partial charge in [-0.25, -0.2) is 0 Å². The van der Waals surface area contributed by atoms with Crippen molar-refractivity contribution < 1.29 is 0 Å². The van der Waals surface area contributed by atoms with E-state index < -0.39 is 5.54 Å². The van der Waals surface area contributed by atoms with Crippen LogP contribution in [0.4, 0.5) is 0 Å². The highest BCUT2D eigenvalue weighted by molar-refractivity contribution is 6.07. The molecule has 2 N–H and O–H groups in total. The maximum Gasteiger partial charge on any atom is 0.0738 e. The molecular formula is C35H38N2. The standard InChI is InChI=1S/C35H38N2/c1-5-26(3)33(25-28(6-2)21-22-32-23-24-37-32)27(4)34(29-15-9-7-10-16-29)35(36,31-19-13-14-20-31)30-17-11-8-12-18-30/h5,7-19,21-26,34H,1,6,20,36H2,2-4H3/b22-21-,28-25+,33-27-. The quantitative estimate of drug-likeness (QED) is 0.251. The van der Waals surface area contributed by atoms with Gasteiger partial charge in [0.1, 0.15) is 0 Å². The molecule has 4 rings (SSSR count). The molecule has 0 fully saturated rings. The van der Waals surface area contributed by atoms with E-state index in [2.05, 4.69) is 129 Å². The van der Waals surface area contributed by atoms with E-state index in [0.717, 1.165) is 24.1 Å². The van der Waals surface area contributed by atoms with Crippen molar-refractivity contribution in [2.24, 2.45) is 16.6 Å². The Labute approximate surface area is 222 Å². The van der Waals surface area contributed by atoms with Crippen LogP contribution in [0.1, 0.15) is 50.7 Å². The molecule has 0 amide bonds. The Balaban J connectivity index is 1.95. The summed E-state index contributed by atoms with van der Waals surface area (Å²) >= 11 is 0. The summed E-state index contributed by atoms with van der Waals surface area (Å²) in [6.45, 7) is 10.8. The second-order valence-corrected chi connectivity index (χ2v) is 9.84. The number of nitrogens with zero attached hydrogens (tertiary/aromatic N) is 1. The van der Waals surface area contributed by atoms with Crippen molar-refractivity contribution in [2.75, 3.05) is 0 Å². The van der Waals surface area contributed by atoms with Crippen LogP contribution < -0.4 is 5.73 Å². The first-order chi connectivity index (χ1) is 18.0. The Morgan fingerprint density at radius 2 is 1.78 bits per heavy atom. The summed E-state index contributed by atoms with van der Waals surface area (Å²) in [7, 11) is 0. The number of benzene rings is 2. The van der Waals surface area contributed by atoms with Crippen LogP contribution in [0.2, 0.25) is 0 Å². The van der Waals surface area contributed by atoms with Gasteiger partial charge in [-0.15, -0.1) is 6.58 Å². The predicted molar refractivity (Wildman–Crippen MR) is 159 cm³/mol. The van der Waals surface area contributed by atoms with E-state index in [1.807, 2.05) is 18.4 Å². The van der Waals surface area contributed by atoms with E-state index in [4.69, 9.17) is 5.73 Å². The van der Waals surface area contributed by atoms with Crippen molar-refractivity contribution in [3.63, 3.8) is 0 Å². The molecule has 2 heteroatoms. The van der Waals surface area contributed by atoms with Crippen molar-refractivity contribution in [3.05, 3.63) is 155 Å². The highest BCUT2D eigenvalue weighted by Crippen LogP contribution is 2.48. The summed E-state index contributed by atoms with van der Waals surface area (Å²) in [5.74, 6) is 0.106. The number of rotatable bonds is 11. The van der Waals surface area contributed by atoms with Crippen molar-refractivity contribution in [2.45, 2.75) is 45.1 Å². The third-order valence-electron chi connectivity index (χ3n) is 7.56. The molecule has 0 spiro atoms. The number of allylic oxidation sites excluding steroid dienone is 10. The molecule has 0 bridgehead atoms. The average molecular weight is 487 g/mol. The molecule has 1 aliphatic carbocycles. The fraction of sp³-hybridized carbons (Fsp3) is 0.229. The molecule has 2 aliphatic rings. The molecular weight excluding hydrogens is 448 g/mol. The largest absolute Gasteiger partial charge is 0.317 e. The molecule has 1 aliphatic heterocycles. The van der Waals surface area contributed by atoms with Crippen LogP contribution in [0.25, 0.3) is 0 Å². The zero-order valence-electron chi connectivity index (χ0n) is 22.3. The molecule has 2 aromatic carbocycles. The third-order valence-corrected chi connectivity index (χ3v) is 7.56. The SMILES string of the molecule is C=CC(C)C(/C=C(/C=C\C1=NC=C1)CC)=C(/C)C(c1ccccc1)C(N)(C1=CC=CC1)c1ccccc1. The van der Waals surface area contributed by atoms with Gasteiger partial charge in [0.2, 0.25) is 0 Å². The Hall–Kier alpha value is -3.75. The van der Waals surface area contributed by atoms with Gasteiger partial charge in [0, 0.05) is 12.1 Å². The molecule has 3 atom stereocenters. The molecule has 1 heterocycles. The number of hydrogen-bond donors (Lipinski definition) is 1. The monoisotopic (exact) mass is 486 g/mol. The first-order valence-corrected chi connectivity index (χ1v) is 13.2. The summed E-state index contributed by atoms with van der Waals surface area (Å²) in [5, 5.41) is 0. The van der Waals surface area contributed by atoms with Gasteiger partial charge in [-0.1, -0.05) is 117 Å². The van der Waals surface area contributed by atoms with Crippen LogP contribution in [0, 0.1) is 5.92 Å². The first kappa shape index (κ1) is 26.3. The molecule has 0 saturated heterocycles. The molecule has 0 aromatic heterocycles. The summed E-state index contributed by atoms with van der Waals surface area (Å²) in [5.41, 5.74) is 15.3. The van der Waals surface area contributed by atoms with Crippen LogP contribution in [0.5, 0.6) is 0 Å². The minimum absolute atomic E-state index is 0.0584. The fourth-order valence-corrected chi connectivity index (χ4v) is 5.32. The van der Waals surface area contributed by atoms with Crippen molar-refractivity contribution in [1.82, 2.24) is 0 Å². The van der Waals surface area contributed by atoms with E-state index in [0.29, 0.717) is 0 Å². The smallest absolute Gasteiger partial charge is 0.0738 e. The zero-order chi connectivity index (χ0) is 26.3. The van der Waals surface area contributed by atoms with E-state index in [1.165, 1.54) is 27.9 Å². The second-order valence-electron chi connectivity index (χ2n) is 9.84. The lowest BCUT2D eigenvalue weighted by Gasteiger charge is -2.42. The van der Waals surface area contributed by atoms with Gasteiger partial charge in [-0.2, -0.15) is 0 Å². The van der Waals surface area contributed by atoms with Crippen molar-refractivity contribution in [1.29, 1.82) is 0 Å². The Bertz CT molecular complexity index is 1320. The average Bonchev–Trinajstić information content (AvgIpc) is 3.46. The molecule has 0 radical (unpaired) electrons. The number of hydrogen-bond acceptors (Lipinski definition) is 2. The number of nitrogens with two attached hydrogens (primary N) is 1. The van der Waals surface area contributed by atoms with Crippen molar-refractivity contribution in [3.8, 4) is 0 Å². The lowest BCUT2D eigenvalue weighted by Crippen LogP contribution is -2.45. The predicted octanol–water partition coefficient (Wildman–Crippen LogP) is 8.51. The summed E-state index contributed by atoms with van der Waals surface area (Å²) in [6, 6.07) is 21.3.